The van der Waals surface area contributed by atoms with Gasteiger partial charge >= 0.3 is 18.4 Å². The summed E-state index contributed by atoms with van der Waals surface area (Å²) in [6, 6.07) is 17.8. The van der Waals surface area contributed by atoms with Crippen molar-refractivity contribution in [2.45, 2.75) is 57.3 Å². The zero-order chi connectivity index (χ0) is 32.0. The summed E-state index contributed by atoms with van der Waals surface area (Å²) in [5.74, 6) is -1.34. The van der Waals surface area contributed by atoms with Gasteiger partial charge in [-0.2, -0.15) is 0 Å². The van der Waals surface area contributed by atoms with Crippen molar-refractivity contribution in [1.82, 2.24) is 10.3 Å². The van der Waals surface area contributed by atoms with Crippen LogP contribution in [0.4, 0.5) is 28.8 Å². The number of aromatic nitrogens is 1. The van der Waals surface area contributed by atoms with Gasteiger partial charge in [0.15, 0.2) is 5.13 Å². The zero-order valence-corrected chi connectivity index (χ0v) is 24.9. The second-order valence-corrected chi connectivity index (χ2v) is 11.8. The summed E-state index contributed by atoms with van der Waals surface area (Å²) in [6.45, 7) is 0.146. The number of aliphatic carboxylic acids is 1. The Morgan fingerprint density at radius 2 is 1.69 bits per heavy atom. The van der Waals surface area contributed by atoms with Crippen LogP contribution in [0.5, 0.6) is 5.75 Å². The highest BCUT2D eigenvalue weighted by atomic mass is 32.1. The predicted molar refractivity (Wildman–Crippen MR) is 165 cm³/mol. The molecule has 0 aliphatic heterocycles. The van der Waals surface area contributed by atoms with Crippen LogP contribution in [0.15, 0.2) is 66.7 Å². The van der Waals surface area contributed by atoms with Gasteiger partial charge in [-0.05, 0) is 66.3 Å². The molecule has 0 bridgehead atoms. The number of carbonyl (C=O) groups excluding carboxylic acids is 2. The third kappa shape index (κ3) is 8.72. The van der Waals surface area contributed by atoms with Crippen molar-refractivity contribution in [3.8, 4) is 5.75 Å². The van der Waals surface area contributed by atoms with E-state index in [1.165, 1.54) is 41.9 Å². The Kier molecular flexibility index (Phi) is 9.87. The summed E-state index contributed by atoms with van der Waals surface area (Å²) in [4.78, 5) is 42.6. The van der Waals surface area contributed by atoms with E-state index >= 15 is 0 Å². The number of rotatable bonds is 10. The van der Waals surface area contributed by atoms with Crippen molar-refractivity contribution >= 4 is 50.3 Å². The smallest absolute Gasteiger partial charge is 0.481 e. The van der Waals surface area contributed by atoms with Crippen LogP contribution < -0.4 is 20.3 Å². The number of nitrogens with one attached hydrogen (secondary N) is 2. The van der Waals surface area contributed by atoms with Gasteiger partial charge in [-0.3, -0.25) is 19.8 Å². The number of anilines is 2. The Balaban J connectivity index is 1.35. The number of nitrogens with zero attached hydrogens (tertiary/aromatic N) is 2. The van der Waals surface area contributed by atoms with Gasteiger partial charge in [0.05, 0.1) is 23.2 Å². The molecule has 5 rings (SSSR count). The number of alkyl halides is 3. The van der Waals surface area contributed by atoms with E-state index in [0.29, 0.717) is 21.9 Å². The number of fused-ring (bicyclic) bond motifs is 1. The average Bonchev–Trinajstić information content (AvgIpc) is 3.41. The van der Waals surface area contributed by atoms with Gasteiger partial charge in [0.2, 0.25) is 0 Å². The van der Waals surface area contributed by atoms with Crippen molar-refractivity contribution < 1.29 is 37.4 Å². The van der Waals surface area contributed by atoms with Gasteiger partial charge in [0, 0.05) is 23.9 Å². The number of benzene rings is 3. The molecule has 1 aliphatic carbocycles. The molecule has 1 saturated carbocycles. The first-order valence-corrected chi connectivity index (χ1v) is 15.3. The van der Waals surface area contributed by atoms with E-state index in [1.807, 2.05) is 24.3 Å². The SMILES string of the molecule is O=C(O)CCNC(=O)c1ccc(CN(C(=O)Nc2nc3cc(OC(F)(F)F)ccc3s2)c2ccc(C3CCCCC3)cc2)cc1. The summed E-state index contributed by atoms with van der Waals surface area (Å²) in [7, 11) is 0. The minimum Gasteiger partial charge on any atom is -0.481 e. The van der Waals surface area contributed by atoms with Gasteiger partial charge in [-0.15, -0.1) is 13.2 Å². The number of thiazole rings is 1. The number of urea groups is 1. The Bertz CT molecular complexity index is 1650. The molecule has 0 spiro atoms. The van der Waals surface area contributed by atoms with Crippen molar-refractivity contribution in [2.24, 2.45) is 0 Å². The van der Waals surface area contributed by atoms with Gasteiger partial charge in [-0.25, -0.2) is 9.78 Å². The molecule has 3 aromatic carbocycles. The van der Waals surface area contributed by atoms with Crippen molar-refractivity contribution in [3.63, 3.8) is 0 Å². The molecule has 0 saturated heterocycles. The van der Waals surface area contributed by atoms with Crippen LogP contribution in [0.1, 0.15) is 65.9 Å². The lowest BCUT2D eigenvalue weighted by molar-refractivity contribution is -0.274. The molecule has 9 nitrogen and oxygen atoms in total. The Hall–Kier alpha value is -4.65. The summed E-state index contributed by atoms with van der Waals surface area (Å²) >= 11 is 1.12. The Labute approximate surface area is 261 Å². The lowest BCUT2D eigenvalue weighted by Crippen LogP contribution is -2.34. The topological polar surface area (TPSA) is 121 Å². The third-order valence-electron chi connectivity index (χ3n) is 7.51. The molecule has 0 unspecified atom stereocenters. The molecule has 1 heterocycles. The van der Waals surface area contributed by atoms with E-state index in [4.69, 9.17) is 5.11 Å². The minimum absolute atomic E-state index is 0.00313. The van der Waals surface area contributed by atoms with Crippen LogP contribution in [0.25, 0.3) is 10.2 Å². The van der Waals surface area contributed by atoms with E-state index in [0.717, 1.165) is 35.8 Å². The monoisotopic (exact) mass is 640 g/mol. The molecule has 3 N–H and O–H groups in total. The summed E-state index contributed by atoms with van der Waals surface area (Å²) < 4.78 is 42.6. The first kappa shape index (κ1) is 31.8. The molecule has 1 aromatic heterocycles. The zero-order valence-electron chi connectivity index (χ0n) is 24.1. The number of carboxylic acid groups (broad SMARTS) is 1. The minimum atomic E-state index is -4.84. The lowest BCUT2D eigenvalue weighted by atomic mass is 9.84. The Morgan fingerprint density at radius 3 is 2.36 bits per heavy atom. The fourth-order valence-electron chi connectivity index (χ4n) is 5.29. The Morgan fingerprint density at radius 1 is 0.978 bits per heavy atom. The molecule has 0 atom stereocenters. The maximum absolute atomic E-state index is 13.7. The van der Waals surface area contributed by atoms with E-state index in [-0.39, 0.29) is 30.2 Å². The van der Waals surface area contributed by atoms with Crippen molar-refractivity contribution in [2.75, 3.05) is 16.8 Å². The van der Waals surface area contributed by atoms with E-state index in [2.05, 4.69) is 20.4 Å². The van der Waals surface area contributed by atoms with Gasteiger partial charge in [-0.1, -0.05) is 54.9 Å². The van der Waals surface area contributed by atoms with Gasteiger partial charge in [0.1, 0.15) is 5.75 Å². The number of carbonyl (C=O) groups is 3. The normalized spacial score (nSPS) is 13.8. The summed E-state index contributed by atoms with van der Waals surface area (Å²) in [5, 5.41) is 14.3. The molecule has 236 valence electrons. The second-order valence-electron chi connectivity index (χ2n) is 10.7. The van der Waals surface area contributed by atoms with Crippen LogP contribution in [0, 0.1) is 0 Å². The number of hydrogen-bond acceptors (Lipinski definition) is 6. The number of hydrogen-bond donors (Lipinski definition) is 3. The predicted octanol–water partition coefficient (Wildman–Crippen LogP) is 7.69. The van der Waals surface area contributed by atoms with E-state index < -0.39 is 30.0 Å². The van der Waals surface area contributed by atoms with Crippen LogP contribution in [0.3, 0.4) is 0 Å². The van der Waals surface area contributed by atoms with Crippen molar-refractivity contribution in [1.29, 1.82) is 0 Å². The van der Waals surface area contributed by atoms with Crippen LogP contribution in [-0.4, -0.2) is 40.9 Å². The highest BCUT2D eigenvalue weighted by Gasteiger charge is 2.31. The molecule has 13 heteroatoms. The number of amides is 3. The fourth-order valence-corrected chi connectivity index (χ4v) is 6.12. The highest BCUT2D eigenvalue weighted by molar-refractivity contribution is 7.22. The van der Waals surface area contributed by atoms with Crippen molar-refractivity contribution in [3.05, 3.63) is 83.4 Å². The molecule has 1 fully saturated rings. The van der Waals surface area contributed by atoms with E-state index in [9.17, 15) is 27.6 Å². The van der Waals surface area contributed by atoms with Crippen LogP contribution >= 0.6 is 11.3 Å². The average molecular weight is 641 g/mol. The van der Waals surface area contributed by atoms with Crippen LogP contribution in [0.2, 0.25) is 0 Å². The lowest BCUT2D eigenvalue weighted by Gasteiger charge is -2.25. The number of halogens is 3. The maximum atomic E-state index is 13.7. The molecular formula is C32H31F3N4O5S. The quantitative estimate of drug-likeness (QED) is 0.164. The number of carboxylic acids is 1. The summed E-state index contributed by atoms with van der Waals surface area (Å²) in [6.07, 6.45) is 0.871. The second kappa shape index (κ2) is 14.0. The third-order valence-corrected chi connectivity index (χ3v) is 8.47. The van der Waals surface area contributed by atoms with Crippen LogP contribution in [-0.2, 0) is 11.3 Å². The van der Waals surface area contributed by atoms with Gasteiger partial charge in [0.25, 0.3) is 5.91 Å². The molecule has 1 aliphatic rings. The number of ether oxygens (including phenoxy) is 1. The first-order chi connectivity index (χ1) is 21.5. The molecule has 3 amide bonds. The molecule has 45 heavy (non-hydrogen) atoms. The van der Waals surface area contributed by atoms with Gasteiger partial charge < -0.3 is 15.2 Å². The molecule has 0 radical (unpaired) electrons. The molecule has 4 aromatic rings. The van der Waals surface area contributed by atoms with E-state index in [1.54, 1.807) is 24.3 Å². The maximum Gasteiger partial charge on any atom is 0.573 e. The highest BCUT2D eigenvalue weighted by Crippen LogP contribution is 2.34. The fraction of sp³-hybridized carbons (Fsp3) is 0.312. The largest absolute Gasteiger partial charge is 0.573 e. The summed E-state index contributed by atoms with van der Waals surface area (Å²) in [5.41, 5.74) is 3.17. The standard InChI is InChI=1S/C32H31F3N4O5S/c33-32(34,35)44-25-14-15-27-26(18-25)37-30(45-27)38-31(43)39(24-12-10-22(11-13-24)21-4-2-1-3-5-21)19-20-6-8-23(9-7-20)29(42)36-17-16-28(40)41/h6-15,18,21H,1-5,16-17,19H2,(H,36,42)(H,40,41)(H,37,38,43). The molecular weight excluding hydrogens is 609 g/mol. The first-order valence-electron chi connectivity index (χ1n) is 14.5.